The first kappa shape index (κ1) is 28.9. The Morgan fingerprint density at radius 3 is 1.54 bits per heavy atom. The lowest BCUT2D eigenvalue weighted by molar-refractivity contribution is -0.364. The zero-order chi connectivity index (χ0) is 26.0. The lowest BCUT2D eigenvalue weighted by Gasteiger charge is -2.46. The van der Waals surface area contributed by atoms with Crippen LogP contribution in [0.3, 0.4) is 0 Å². The Kier molecular flexibility index (Phi) is 10.1. The number of ether oxygens (including phenoxy) is 6. The minimum absolute atomic E-state index is 0.523. The molecule has 3 saturated heterocycles. The molecule has 0 amide bonds. The summed E-state index contributed by atoms with van der Waals surface area (Å²) in [4.78, 5) is 0. The van der Waals surface area contributed by atoms with Gasteiger partial charge in [0.2, 0.25) is 0 Å². The van der Waals surface area contributed by atoms with Crippen molar-refractivity contribution in [1.82, 2.24) is 0 Å². The van der Waals surface area contributed by atoms with E-state index in [9.17, 15) is 51.1 Å². The largest absolute Gasteiger partial charge is 0.394 e. The van der Waals surface area contributed by atoms with Crippen LogP contribution < -0.4 is 0 Å². The maximum atomic E-state index is 10.8. The Balaban J connectivity index is 1.69. The third-order valence-electron chi connectivity index (χ3n) is 6.29. The van der Waals surface area contributed by atoms with Crippen molar-refractivity contribution in [3.05, 3.63) is 0 Å². The maximum absolute atomic E-state index is 10.8. The van der Waals surface area contributed by atoms with Gasteiger partial charge in [-0.25, -0.2) is 0 Å². The van der Waals surface area contributed by atoms with Gasteiger partial charge < -0.3 is 79.5 Å². The highest BCUT2D eigenvalue weighted by Crippen LogP contribution is 2.30. The highest BCUT2D eigenvalue weighted by Gasteiger charge is 2.51. The van der Waals surface area contributed by atoms with E-state index in [-0.39, 0.29) is 0 Å². The first-order chi connectivity index (χ1) is 16.5. The van der Waals surface area contributed by atoms with Gasteiger partial charge in [0.15, 0.2) is 18.9 Å². The minimum Gasteiger partial charge on any atom is -0.394 e. The number of hydrogen-bond donors (Lipinski definition) is 10. The zero-order valence-corrected chi connectivity index (χ0v) is 18.7. The van der Waals surface area contributed by atoms with Gasteiger partial charge >= 0.3 is 0 Å². The monoisotopic (exact) mass is 518 g/mol. The van der Waals surface area contributed by atoms with Crippen molar-refractivity contribution in [2.75, 3.05) is 26.9 Å². The van der Waals surface area contributed by atoms with Crippen molar-refractivity contribution in [2.24, 2.45) is 0 Å². The summed E-state index contributed by atoms with van der Waals surface area (Å²) < 4.78 is 31.9. The average Bonchev–Trinajstić information content (AvgIpc) is 2.85. The zero-order valence-electron chi connectivity index (χ0n) is 18.7. The van der Waals surface area contributed by atoms with Crippen LogP contribution in [0.2, 0.25) is 0 Å². The molecular formula is C19H34O16. The Hall–Kier alpha value is -0.640. The second-order valence-corrected chi connectivity index (χ2v) is 8.59. The molecule has 0 radical (unpaired) electrons. The molecule has 0 aromatic heterocycles. The molecule has 35 heavy (non-hydrogen) atoms. The summed E-state index contributed by atoms with van der Waals surface area (Å²) in [5.74, 6) is 0. The van der Waals surface area contributed by atoms with Gasteiger partial charge in [0.25, 0.3) is 0 Å². The molecule has 0 spiro atoms. The van der Waals surface area contributed by atoms with E-state index in [4.69, 9.17) is 28.4 Å². The van der Waals surface area contributed by atoms with E-state index in [1.165, 1.54) is 7.11 Å². The third-order valence-corrected chi connectivity index (χ3v) is 6.29. The summed E-state index contributed by atoms with van der Waals surface area (Å²) in [6.45, 7) is -1.93. The first-order valence-electron chi connectivity index (χ1n) is 11.0. The van der Waals surface area contributed by atoms with Crippen LogP contribution in [0.15, 0.2) is 0 Å². The second kappa shape index (κ2) is 12.3. The fourth-order valence-corrected chi connectivity index (χ4v) is 4.13. The van der Waals surface area contributed by atoms with E-state index < -0.39 is 112 Å². The van der Waals surface area contributed by atoms with Gasteiger partial charge in [-0.05, 0) is 0 Å². The predicted molar refractivity (Wildman–Crippen MR) is 106 cm³/mol. The molecule has 15 atom stereocenters. The number of rotatable bonds is 8. The summed E-state index contributed by atoms with van der Waals surface area (Å²) in [7, 11) is 1.19. The van der Waals surface area contributed by atoms with Crippen molar-refractivity contribution < 1.29 is 79.5 Å². The van der Waals surface area contributed by atoms with E-state index in [0.717, 1.165) is 0 Å². The van der Waals surface area contributed by atoms with Gasteiger partial charge in [0, 0.05) is 7.11 Å². The summed E-state index contributed by atoms with van der Waals surface area (Å²) in [5.41, 5.74) is 0. The quantitative estimate of drug-likeness (QED) is 0.143. The molecule has 3 aliphatic heterocycles. The highest BCUT2D eigenvalue weighted by atomic mass is 16.7. The van der Waals surface area contributed by atoms with Crippen LogP contribution in [-0.4, -0.2) is 170 Å². The van der Waals surface area contributed by atoms with E-state index in [1.807, 2.05) is 0 Å². The van der Waals surface area contributed by atoms with Gasteiger partial charge in [0.1, 0.15) is 73.2 Å². The molecule has 206 valence electrons. The lowest BCUT2D eigenvalue weighted by Crippen LogP contribution is -2.65. The van der Waals surface area contributed by atoms with Crippen molar-refractivity contribution in [3.63, 3.8) is 0 Å². The Bertz CT molecular complexity index is 652. The molecule has 0 unspecified atom stereocenters. The first-order valence-corrected chi connectivity index (χ1v) is 11.0. The molecule has 3 aliphatic rings. The molecule has 3 fully saturated rings. The Morgan fingerprint density at radius 2 is 1.03 bits per heavy atom. The van der Waals surface area contributed by atoms with Crippen LogP contribution in [0.1, 0.15) is 0 Å². The number of methoxy groups -OCH3 is 1. The Morgan fingerprint density at radius 1 is 0.543 bits per heavy atom. The number of aliphatic hydroxyl groups is 10. The van der Waals surface area contributed by atoms with Crippen LogP contribution >= 0.6 is 0 Å². The van der Waals surface area contributed by atoms with Gasteiger partial charge in [-0.1, -0.05) is 0 Å². The smallest absolute Gasteiger partial charge is 0.187 e. The van der Waals surface area contributed by atoms with Crippen LogP contribution in [0.4, 0.5) is 0 Å². The normalized spacial score (nSPS) is 51.3. The van der Waals surface area contributed by atoms with E-state index in [2.05, 4.69) is 0 Å². The maximum Gasteiger partial charge on any atom is 0.187 e. The van der Waals surface area contributed by atoms with Gasteiger partial charge in [-0.2, -0.15) is 0 Å². The van der Waals surface area contributed by atoms with Gasteiger partial charge in [-0.3, -0.25) is 0 Å². The summed E-state index contributed by atoms with van der Waals surface area (Å²) in [6.07, 6.45) is -23.5. The van der Waals surface area contributed by atoms with Crippen molar-refractivity contribution in [1.29, 1.82) is 0 Å². The van der Waals surface area contributed by atoms with Crippen molar-refractivity contribution in [2.45, 2.75) is 92.1 Å². The standard InChI is InChI=1S/C19H34O16/c1-30-17-15(29)16(35-19-14(28)12(26)9(23)6(3-21)33-19)10(24)7(34-17)4-31-18-13(27)11(25)8(22)5(2-20)32-18/h5-29H,2-4H2,1H3/t5-,6-,7-,8-,9-,10-,11+,12+,13+,14+,15+,16+,17+,18+,19-/m1/s1. The fraction of sp³-hybridized carbons (Fsp3) is 1.00. The lowest BCUT2D eigenvalue weighted by atomic mass is 9.97. The van der Waals surface area contributed by atoms with Gasteiger partial charge in [-0.15, -0.1) is 0 Å². The SMILES string of the molecule is CO[C@H]1O[C@H](CO[C@H]2O[C@H](CO)[C@@H](O)[C@H](O)[C@@H]2O)[C@@H](O)[C@H](O[C@H]2O[C@H](CO)[C@@H](O)[C@H](O)[C@@H]2O)[C@@H]1O. The molecule has 0 saturated carbocycles. The molecular weight excluding hydrogens is 484 g/mol. The second-order valence-electron chi connectivity index (χ2n) is 8.59. The third kappa shape index (κ3) is 5.93. The number of aliphatic hydroxyl groups excluding tert-OH is 10. The molecule has 3 heterocycles. The Labute approximate surface area is 199 Å². The summed E-state index contributed by atoms with van der Waals surface area (Å²) in [6, 6.07) is 0. The molecule has 0 bridgehead atoms. The molecule has 0 aliphatic carbocycles. The topological polar surface area (TPSA) is 258 Å². The van der Waals surface area contributed by atoms with E-state index in [1.54, 1.807) is 0 Å². The summed E-state index contributed by atoms with van der Waals surface area (Å²) in [5, 5.41) is 99.9. The van der Waals surface area contributed by atoms with Crippen LogP contribution in [0.5, 0.6) is 0 Å². The van der Waals surface area contributed by atoms with Crippen molar-refractivity contribution >= 4 is 0 Å². The fourth-order valence-electron chi connectivity index (χ4n) is 4.13. The molecule has 16 heteroatoms. The van der Waals surface area contributed by atoms with Crippen LogP contribution in [0, 0.1) is 0 Å². The number of hydrogen-bond acceptors (Lipinski definition) is 16. The van der Waals surface area contributed by atoms with Crippen LogP contribution in [0.25, 0.3) is 0 Å². The highest BCUT2D eigenvalue weighted by molar-refractivity contribution is 4.95. The average molecular weight is 518 g/mol. The molecule has 16 nitrogen and oxygen atoms in total. The van der Waals surface area contributed by atoms with Gasteiger partial charge in [0.05, 0.1) is 19.8 Å². The minimum atomic E-state index is -1.81. The van der Waals surface area contributed by atoms with Crippen molar-refractivity contribution in [3.8, 4) is 0 Å². The predicted octanol–water partition coefficient (Wildman–Crippen LogP) is -6.92. The molecule has 0 aromatic carbocycles. The molecule has 10 N–H and O–H groups in total. The molecule has 0 aromatic rings. The molecule has 3 rings (SSSR count). The van der Waals surface area contributed by atoms with Crippen LogP contribution in [-0.2, 0) is 28.4 Å². The van der Waals surface area contributed by atoms with E-state index in [0.29, 0.717) is 0 Å². The summed E-state index contributed by atoms with van der Waals surface area (Å²) >= 11 is 0. The van der Waals surface area contributed by atoms with E-state index >= 15 is 0 Å².